The molecule has 2 unspecified atom stereocenters. The van der Waals surface area contributed by atoms with Crippen molar-refractivity contribution >= 4 is 5.69 Å². The van der Waals surface area contributed by atoms with Crippen molar-refractivity contribution in [2.24, 2.45) is 5.73 Å². The molecule has 0 bridgehead atoms. The minimum atomic E-state index is -0.378. The van der Waals surface area contributed by atoms with Gasteiger partial charge in [0.25, 0.3) is 0 Å². The van der Waals surface area contributed by atoms with Gasteiger partial charge in [0, 0.05) is 18.6 Å². The minimum absolute atomic E-state index is 0.122. The molecule has 1 aliphatic rings. The summed E-state index contributed by atoms with van der Waals surface area (Å²) in [6.45, 7) is 2.85. The van der Waals surface area contributed by atoms with Gasteiger partial charge in [0.05, 0.1) is 11.3 Å². The maximum atomic E-state index is 13.0. The molecule has 2 N–H and O–H groups in total. The summed E-state index contributed by atoms with van der Waals surface area (Å²) >= 11 is 0. The molecule has 0 aliphatic carbocycles. The second kappa shape index (κ2) is 4.11. The maximum absolute atomic E-state index is 13.0. The molecule has 0 spiro atoms. The molecule has 0 radical (unpaired) electrons. The summed E-state index contributed by atoms with van der Waals surface area (Å²) < 4.78 is 13.0. The zero-order valence-corrected chi connectivity index (χ0v) is 9.15. The lowest BCUT2D eigenvalue weighted by Crippen LogP contribution is -2.37. The van der Waals surface area contributed by atoms with Gasteiger partial charge in [0.1, 0.15) is 11.9 Å². The van der Waals surface area contributed by atoms with Crippen LogP contribution in [0.2, 0.25) is 0 Å². The molecule has 1 heterocycles. The minimum Gasteiger partial charge on any atom is -0.366 e. The molecule has 3 nitrogen and oxygen atoms in total. The van der Waals surface area contributed by atoms with E-state index in [0.29, 0.717) is 5.56 Å². The highest BCUT2D eigenvalue weighted by Gasteiger charge is 2.29. The number of rotatable bonds is 1. The summed E-state index contributed by atoms with van der Waals surface area (Å²) in [7, 11) is 0. The van der Waals surface area contributed by atoms with Crippen molar-refractivity contribution in [1.82, 2.24) is 0 Å². The van der Waals surface area contributed by atoms with Gasteiger partial charge >= 0.3 is 0 Å². The molecule has 16 heavy (non-hydrogen) atoms. The van der Waals surface area contributed by atoms with Gasteiger partial charge in [-0.25, -0.2) is 4.39 Å². The molecule has 4 heteroatoms. The first-order valence-electron chi connectivity index (χ1n) is 5.35. The van der Waals surface area contributed by atoms with E-state index in [4.69, 9.17) is 11.0 Å². The summed E-state index contributed by atoms with van der Waals surface area (Å²) in [5.41, 5.74) is 7.09. The molecule has 2 rings (SSSR count). The lowest BCUT2D eigenvalue weighted by Gasteiger charge is -2.26. The third-order valence-electron chi connectivity index (χ3n) is 3.20. The predicted molar refractivity (Wildman–Crippen MR) is 60.5 cm³/mol. The smallest absolute Gasteiger partial charge is 0.124 e. The Hall–Kier alpha value is -1.60. The molecule has 0 aromatic heterocycles. The van der Waals surface area contributed by atoms with Crippen molar-refractivity contribution in [1.29, 1.82) is 5.26 Å². The van der Waals surface area contributed by atoms with Gasteiger partial charge < -0.3 is 10.6 Å². The van der Waals surface area contributed by atoms with Crippen LogP contribution in [-0.4, -0.2) is 18.6 Å². The van der Waals surface area contributed by atoms with Crippen molar-refractivity contribution in [3.8, 4) is 6.07 Å². The van der Waals surface area contributed by atoms with Crippen LogP contribution in [0.25, 0.3) is 0 Å². The molecule has 0 saturated carbocycles. The molecular formula is C12H14FN3. The van der Waals surface area contributed by atoms with Gasteiger partial charge in [0.15, 0.2) is 0 Å². The molecule has 1 aromatic carbocycles. The van der Waals surface area contributed by atoms with Gasteiger partial charge in [0.2, 0.25) is 0 Å². The van der Waals surface area contributed by atoms with Gasteiger partial charge in [-0.15, -0.1) is 0 Å². The number of nitrogens with zero attached hydrogens (tertiary/aromatic N) is 2. The van der Waals surface area contributed by atoms with Crippen molar-refractivity contribution in [2.45, 2.75) is 25.4 Å². The zero-order chi connectivity index (χ0) is 11.7. The van der Waals surface area contributed by atoms with Gasteiger partial charge in [-0.2, -0.15) is 5.26 Å². The van der Waals surface area contributed by atoms with Crippen LogP contribution < -0.4 is 10.6 Å². The second-order valence-corrected chi connectivity index (χ2v) is 4.16. The highest BCUT2D eigenvalue weighted by molar-refractivity contribution is 5.60. The first-order chi connectivity index (χ1) is 7.63. The van der Waals surface area contributed by atoms with E-state index < -0.39 is 0 Å². The fourth-order valence-corrected chi connectivity index (χ4v) is 2.15. The normalized spacial score (nSPS) is 24.5. The van der Waals surface area contributed by atoms with Crippen LogP contribution in [0, 0.1) is 17.1 Å². The van der Waals surface area contributed by atoms with Crippen molar-refractivity contribution in [2.75, 3.05) is 11.4 Å². The number of nitrogens with two attached hydrogens (primary N) is 1. The SMILES string of the molecule is CC1C(N)CCN1c1ccc(F)cc1C#N. The summed E-state index contributed by atoms with van der Waals surface area (Å²) in [4.78, 5) is 2.07. The zero-order valence-electron chi connectivity index (χ0n) is 9.15. The number of anilines is 1. The van der Waals surface area contributed by atoms with E-state index in [-0.39, 0.29) is 17.9 Å². The molecular weight excluding hydrogens is 205 g/mol. The van der Waals surface area contributed by atoms with Crippen molar-refractivity contribution in [3.63, 3.8) is 0 Å². The van der Waals surface area contributed by atoms with E-state index in [1.165, 1.54) is 12.1 Å². The summed E-state index contributed by atoms with van der Waals surface area (Å²) in [6.07, 6.45) is 0.906. The van der Waals surface area contributed by atoms with E-state index in [1.807, 2.05) is 13.0 Å². The average molecular weight is 219 g/mol. The fourth-order valence-electron chi connectivity index (χ4n) is 2.15. The van der Waals surface area contributed by atoms with Crippen LogP contribution in [0.15, 0.2) is 18.2 Å². The first-order valence-corrected chi connectivity index (χ1v) is 5.35. The Labute approximate surface area is 94.3 Å². The van der Waals surface area contributed by atoms with Gasteiger partial charge in [-0.1, -0.05) is 0 Å². The largest absolute Gasteiger partial charge is 0.366 e. The van der Waals surface area contributed by atoms with Gasteiger partial charge in [-0.3, -0.25) is 0 Å². The van der Waals surface area contributed by atoms with Crippen molar-refractivity contribution in [3.05, 3.63) is 29.6 Å². The van der Waals surface area contributed by atoms with E-state index in [2.05, 4.69) is 4.90 Å². The van der Waals surface area contributed by atoms with Crippen LogP contribution in [-0.2, 0) is 0 Å². The third kappa shape index (κ3) is 1.74. The standard InChI is InChI=1S/C12H14FN3/c1-8-11(15)4-5-16(8)12-3-2-10(13)6-9(12)7-14/h2-3,6,8,11H,4-5,15H2,1H3. The quantitative estimate of drug-likeness (QED) is 0.781. The van der Waals surface area contributed by atoms with Crippen LogP contribution in [0.1, 0.15) is 18.9 Å². The first kappa shape index (κ1) is 10.9. The second-order valence-electron chi connectivity index (χ2n) is 4.16. The molecule has 2 atom stereocenters. The number of benzene rings is 1. The average Bonchev–Trinajstić information content (AvgIpc) is 2.60. The maximum Gasteiger partial charge on any atom is 0.124 e. The Morgan fingerprint density at radius 2 is 2.31 bits per heavy atom. The summed E-state index contributed by atoms with van der Waals surface area (Å²) in [6, 6.07) is 6.65. The molecule has 84 valence electrons. The third-order valence-corrected chi connectivity index (χ3v) is 3.20. The lowest BCUT2D eigenvalue weighted by molar-refractivity contribution is 0.618. The monoisotopic (exact) mass is 219 g/mol. The molecule has 1 aliphatic heterocycles. The van der Waals surface area contributed by atoms with E-state index in [0.717, 1.165) is 18.7 Å². The summed E-state index contributed by atoms with van der Waals surface area (Å²) in [5, 5.41) is 8.98. The number of halogens is 1. The predicted octanol–water partition coefficient (Wildman–Crippen LogP) is 1.62. The highest BCUT2D eigenvalue weighted by Crippen LogP contribution is 2.28. The highest BCUT2D eigenvalue weighted by atomic mass is 19.1. The van der Waals surface area contributed by atoms with Crippen LogP contribution in [0.5, 0.6) is 0 Å². The van der Waals surface area contributed by atoms with Crippen LogP contribution in [0.4, 0.5) is 10.1 Å². The van der Waals surface area contributed by atoms with Crippen LogP contribution >= 0.6 is 0 Å². The lowest BCUT2D eigenvalue weighted by atomic mass is 10.1. The Kier molecular flexibility index (Phi) is 2.80. The van der Waals surface area contributed by atoms with Crippen LogP contribution in [0.3, 0.4) is 0 Å². The fraction of sp³-hybridized carbons (Fsp3) is 0.417. The molecule has 1 aromatic rings. The van der Waals surface area contributed by atoms with Gasteiger partial charge in [-0.05, 0) is 31.5 Å². The Morgan fingerprint density at radius 3 is 2.88 bits per heavy atom. The van der Waals surface area contributed by atoms with E-state index >= 15 is 0 Å². The number of hydrogen-bond donors (Lipinski definition) is 1. The molecule has 1 fully saturated rings. The number of hydrogen-bond acceptors (Lipinski definition) is 3. The molecule has 0 amide bonds. The van der Waals surface area contributed by atoms with E-state index in [9.17, 15) is 4.39 Å². The van der Waals surface area contributed by atoms with E-state index in [1.54, 1.807) is 6.07 Å². The Morgan fingerprint density at radius 1 is 1.56 bits per heavy atom. The topological polar surface area (TPSA) is 53.0 Å². The summed E-state index contributed by atoms with van der Waals surface area (Å²) in [5.74, 6) is -0.378. The number of nitriles is 1. The molecule has 1 saturated heterocycles. The Balaban J connectivity index is 2.38. The van der Waals surface area contributed by atoms with Crippen molar-refractivity contribution < 1.29 is 4.39 Å². The Bertz CT molecular complexity index is 438.